The van der Waals surface area contributed by atoms with Crippen LogP contribution in [0.2, 0.25) is 0 Å². The molecule has 0 aromatic carbocycles. The molecule has 0 radical (unpaired) electrons. The number of nitrogens with zero attached hydrogens (tertiary/aromatic N) is 1. The summed E-state index contributed by atoms with van der Waals surface area (Å²) in [6, 6.07) is 0. The molecule has 3 rings (SSSR count). The second kappa shape index (κ2) is 5.08. The molecule has 1 aliphatic carbocycles. The molecule has 1 saturated carbocycles. The van der Waals surface area contributed by atoms with Gasteiger partial charge in [-0.3, -0.25) is 4.79 Å². The zero-order valence-corrected chi connectivity index (χ0v) is 12.4. The fourth-order valence-electron chi connectivity index (χ4n) is 4.08. The van der Waals surface area contributed by atoms with Crippen molar-refractivity contribution in [3.8, 4) is 0 Å². The Balaban J connectivity index is 1.45. The van der Waals surface area contributed by atoms with E-state index in [9.17, 15) is 4.79 Å². The van der Waals surface area contributed by atoms with Crippen LogP contribution in [0.25, 0.3) is 0 Å². The molecule has 2 atom stereocenters. The summed E-state index contributed by atoms with van der Waals surface area (Å²) >= 11 is 0. The lowest BCUT2D eigenvalue weighted by Crippen LogP contribution is -2.58. The van der Waals surface area contributed by atoms with Gasteiger partial charge in [0.15, 0.2) is 0 Å². The van der Waals surface area contributed by atoms with Crippen LogP contribution in [-0.4, -0.2) is 37.1 Å². The van der Waals surface area contributed by atoms with Crippen molar-refractivity contribution in [1.29, 1.82) is 0 Å². The van der Waals surface area contributed by atoms with Crippen molar-refractivity contribution < 1.29 is 9.53 Å². The lowest BCUT2D eigenvalue weighted by molar-refractivity contribution is -0.148. The van der Waals surface area contributed by atoms with Crippen molar-refractivity contribution in [2.75, 3.05) is 26.3 Å². The third kappa shape index (κ3) is 2.54. The Hall–Kier alpha value is -0.570. The van der Waals surface area contributed by atoms with E-state index < -0.39 is 0 Å². The quantitative estimate of drug-likeness (QED) is 0.782. The molecule has 0 aromatic heterocycles. The minimum Gasteiger partial charge on any atom is -0.381 e. The summed E-state index contributed by atoms with van der Waals surface area (Å²) < 4.78 is 5.14. The summed E-state index contributed by atoms with van der Waals surface area (Å²) in [7, 11) is 0. The lowest BCUT2D eigenvalue weighted by atomic mass is 9.76. The molecule has 108 valence electrons. The maximum atomic E-state index is 12.1. The van der Waals surface area contributed by atoms with E-state index in [1.54, 1.807) is 0 Å². The van der Waals surface area contributed by atoms with Crippen LogP contribution in [0.3, 0.4) is 0 Å². The maximum Gasteiger partial charge on any atom is 0.223 e. The van der Waals surface area contributed by atoms with Gasteiger partial charge < -0.3 is 9.64 Å². The van der Waals surface area contributed by atoms with Crippen LogP contribution < -0.4 is 0 Å². The second-order valence-corrected chi connectivity index (χ2v) is 7.25. The SMILES string of the molecule is CCC(C)C1CCC2(C1)CN(C(=O)CC1COC1)C2. The Morgan fingerprint density at radius 2 is 2.16 bits per heavy atom. The molecule has 3 nitrogen and oxygen atoms in total. The zero-order valence-electron chi connectivity index (χ0n) is 12.4. The van der Waals surface area contributed by atoms with E-state index in [-0.39, 0.29) is 0 Å². The summed E-state index contributed by atoms with van der Waals surface area (Å²) in [4.78, 5) is 14.2. The van der Waals surface area contributed by atoms with Gasteiger partial charge in [0, 0.05) is 30.8 Å². The highest BCUT2D eigenvalue weighted by Crippen LogP contribution is 2.50. The van der Waals surface area contributed by atoms with Crippen molar-refractivity contribution in [3.63, 3.8) is 0 Å². The Bertz CT molecular complexity index is 345. The van der Waals surface area contributed by atoms with Gasteiger partial charge in [0.05, 0.1) is 13.2 Å². The average Bonchev–Trinajstić information content (AvgIpc) is 2.75. The molecule has 3 fully saturated rings. The summed E-state index contributed by atoms with van der Waals surface area (Å²) in [6.45, 7) is 8.34. The van der Waals surface area contributed by atoms with Gasteiger partial charge in [-0.15, -0.1) is 0 Å². The molecule has 3 aliphatic rings. The molecule has 1 amide bonds. The first-order chi connectivity index (χ1) is 9.12. The van der Waals surface area contributed by atoms with E-state index in [0.717, 1.165) is 38.1 Å². The monoisotopic (exact) mass is 265 g/mol. The second-order valence-electron chi connectivity index (χ2n) is 7.25. The van der Waals surface area contributed by atoms with E-state index >= 15 is 0 Å². The van der Waals surface area contributed by atoms with Crippen LogP contribution in [0.4, 0.5) is 0 Å². The highest BCUT2D eigenvalue weighted by molar-refractivity contribution is 5.77. The molecule has 2 aliphatic heterocycles. The minimum absolute atomic E-state index is 0.367. The van der Waals surface area contributed by atoms with Gasteiger partial charge in [-0.25, -0.2) is 0 Å². The molecule has 0 aromatic rings. The Morgan fingerprint density at radius 1 is 1.42 bits per heavy atom. The number of carbonyl (C=O) groups excluding carboxylic acids is 1. The Labute approximate surface area is 116 Å². The van der Waals surface area contributed by atoms with Gasteiger partial charge in [-0.2, -0.15) is 0 Å². The molecular formula is C16H27NO2. The third-order valence-electron chi connectivity index (χ3n) is 5.76. The van der Waals surface area contributed by atoms with Crippen LogP contribution in [0.1, 0.15) is 46.0 Å². The normalized spacial score (nSPS) is 31.1. The van der Waals surface area contributed by atoms with Crippen LogP contribution in [0.5, 0.6) is 0 Å². The lowest BCUT2D eigenvalue weighted by Gasteiger charge is -2.49. The van der Waals surface area contributed by atoms with Crippen LogP contribution >= 0.6 is 0 Å². The Morgan fingerprint density at radius 3 is 2.74 bits per heavy atom. The summed E-state index contributed by atoms with van der Waals surface area (Å²) in [5.74, 6) is 2.63. The first-order valence-corrected chi connectivity index (χ1v) is 7.97. The molecule has 1 spiro atoms. The largest absolute Gasteiger partial charge is 0.381 e. The van der Waals surface area contributed by atoms with Crippen molar-refractivity contribution in [2.24, 2.45) is 23.2 Å². The summed E-state index contributed by atoms with van der Waals surface area (Å²) in [5.41, 5.74) is 0.500. The van der Waals surface area contributed by atoms with Gasteiger partial charge in [-0.05, 0) is 31.1 Å². The van der Waals surface area contributed by atoms with Gasteiger partial charge in [0.2, 0.25) is 5.91 Å². The molecule has 0 N–H and O–H groups in total. The van der Waals surface area contributed by atoms with Crippen molar-refractivity contribution in [1.82, 2.24) is 4.90 Å². The van der Waals surface area contributed by atoms with Gasteiger partial charge in [0.25, 0.3) is 0 Å². The standard InChI is InChI=1S/C16H27NO2/c1-3-12(2)14-4-5-16(7-14)10-17(11-16)15(18)6-13-8-19-9-13/h12-14H,3-11H2,1-2H3. The molecule has 3 heteroatoms. The van der Waals surface area contributed by atoms with E-state index in [1.807, 2.05) is 0 Å². The highest BCUT2D eigenvalue weighted by Gasteiger charge is 2.50. The molecule has 19 heavy (non-hydrogen) atoms. The van der Waals surface area contributed by atoms with Gasteiger partial charge in [0.1, 0.15) is 0 Å². The van der Waals surface area contributed by atoms with E-state index in [1.165, 1.54) is 25.7 Å². The molecular weight excluding hydrogens is 238 g/mol. The number of hydrogen-bond donors (Lipinski definition) is 0. The van der Waals surface area contributed by atoms with Crippen LogP contribution in [0, 0.1) is 23.2 Å². The molecule has 2 heterocycles. The van der Waals surface area contributed by atoms with Crippen molar-refractivity contribution in [2.45, 2.75) is 46.0 Å². The van der Waals surface area contributed by atoms with Gasteiger partial charge in [-0.1, -0.05) is 20.3 Å². The first-order valence-electron chi connectivity index (χ1n) is 7.97. The third-order valence-corrected chi connectivity index (χ3v) is 5.76. The van der Waals surface area contributed by atoms with Crippen LogP contribution in [-0.2, 0) is 9.53 Å². The number of carbonyl (C=O) groups is 1. The molecule has 2 saturated heterocycles. The first kappa shape index (κ1) is 13.4. The topological polar surface area (TPSA) is 29.5 Å². The number of hydrogen-bond acceptors (Lipinski definition) is 2. The number of likely N-dealkylation sites (tertiary alicyclic amines) is 1. The number of amides is 1. The predicted octanol–water partition coefficient (Wildman–Crippen LogP) is 2.70. The van der Waals surface area contributed by atoms with E-state index in [2.05, 4.69) is 18.7 Å². The predicted molar refractivity (Wildman–Crippen MR) is 74.7 cm³/mol. The molecule has 2 unspecified atom stereocenters. The van der Waals surface area contributed by atoms with E-state index in [0.29, 0.717) is 23.7 Å². The van der Waals surface area contributed by atoms with Crippen molar-refractivity contribution in [3.05, 3.63) is 0 Å². The fraction of sp³-hybridized carbons (Fsp3) is 0.938. The smallest absolute Gasteiger partial charge is 0.223 e. The van der Waals surface area contributed by atoms with Crippen molar-refractivity contribution >= 4 is 5.91 Å². The number of ether oxygens (including phenoxy) is 1. The minimum atomic E-state index is 0.367. The summed E-state index contributed by atoms with van der Waals surface area (Å²) in [6.07, 6.45) is 6.10. The Kier molecular flexibility index (Phi) is 3.59. The highest BCUT2D eigenvalue weighted by atomic mass is 16.5. The maximum absolute atomic E-state index is 12.1. The van der Waals surface area contributed by atoms with Crippen LogP contribution in [0.15, 0.2) is 0 Å². The fourth-order valence-corrected chi connectivity index (χ4v) is 4.08. The van der Waals surface area contributed by atoms with E-state index in [4.69, 9.17) is 4.74 Å². The number of rotatable bonds is 4. The zero-order chi connectivity index (χ0) is 13.5. The average molecular weight is 265 g/mol. The molecule has 0 bridgehead atoms. The summed E-state index contributed by atoms with van der Waals surface area (Å²) in [5, 5.41) is 0. The van der Waals surface area contributed by atoms with Gasteiger partial charge >= 0.3 is 0 Å².